The van der Waals surface area contributed by atoms with Gasteiger partial charge in [0.15, 0.2) is 5.13 Å². The van der Waals surface area contributed by atoms with Crippen molar-refractivity contribution in [1.29, 1.82) is 0 Å². The van der Waals surface area contributed by atoms with Gasteiger partial charge in [-0.15, -0.1) is 0 Å². The Balaban J connectivity index is 1.49. The zero-order valence-electron chi connectivity index (χ0n) is 14.8. The van der Waals surface area contributed by atoms with E-state index in [0.29, 0.717) is 10.6 Å². The van der Waals surface area contributed by atoms with Crippen LogP contribution in [-0.2, 0) is 4.79 Å². The number of carbonyl (C=O) groups is 1. The van der Waals surface area contributed by atoms with Crippen molar-refractivity contribution in [3.63, 3.8) is 0 Å². The Labute approximate surface area is 156 Å². The number of thiazole rings is 1. The van der Waals surface area contributed by atoms with E-state index in [0.717, 1.165) is 23.5 Å². The zero-order chi connectivity index (χ0) is 18.5. The molecule has 0 aliphatic rings. The van der Waals surface area contributed by atoms with Gasteiger partial charge in [0.05, 0.1) is 16.8 Å². The summed E-state index contributed by atoms with van der Waals surface area (Å²) in [5.74, 6) is -0.435. The van der Waals surface area contributed by atoms with E-state index in [2.05, 4.69) is 27.3 Å². The van der Waals surface area contributed by atoms with Crippen molar-refractivity contribution in [1.82, 2.24) is 9.88 Å². The lowest BCUT2D eigenvalue weighted by Crippen LogP contribution is -2.35. The summed E-state index contributed by atoms with van der Waals surface area (Å²) < 4.78 is 14.0. The fourth-order valence-corrected chi connectivity index (χ4v) is 3.47. The van der Waals surface area contributed by atoms with Crippen molar-refractivity contribution >= 4 is 38.3 Å². The molecule has 0 aliphatic heterocycles. The van der Waals surface area contributed by atoms with Crippen LogP contribution in [0, 0.1) is 5.82 Å². The molecule has 3 aromatic rings. The molecule has 1 N–H and O–H groups in total. The van der Waals surface area contributed by atoms with Gasteiger partial charge in [-0.1, -0.05) is 29.5 Å². The van der Waals surface area contributed by atoms with Gasteiger partial charge in [-0.05, 0) is 37.4 Å². The quantitative estimate of drug-likeness (QED) is 0.690. The number of nitrogens with zero attached hydrogens (tertiary/aromatic N) is 3. The third kappa shape index (κ3) is 4.77. The number of hydrogen-bond acceptors (Lipinski definition) is 5. The molecular formula is C19H21FN4OS. The van der Waals surface area contributed by atoms with Crippen LogP contribution in [0.1, 0.15) is 0 Å². The smallest absolute Gasteiger partial charge is 0.240 e. The van der Waals surface area contributed by atoms with Crippen LogP contribution in [-0.4, -0.2) is 49.5 Å². The molecule has 5 nitrogen and oxygen atoms in total. The van der Waals surface area contributed by atoms with Crippen LogP contribution in [0.4, 0.5) is 15.2 Å². The number of fused-ring (bicyclic) bond motifs is 1. The van der Waals surface area contributed by atoms with E-state index in [9.17, 15) is 9.18 Å². The van der Waals surface area contributed by atoms with Crippen LogP contribution in [0.3, 0.4) is 0 Å². The predicted molar refractivity (Wildman–Crippen MR) is 105 cm³/mol. The first-order valence-corrected chi connectivity index (χ1v) is 9.13. The van der Waals surface area contributed by atoms with Crippen LogP contribution in [0.5, 0.6) is 0 Å². The van der Waals surface area contributed by atoms with Crippen LogP contribution in [0.2, 0.25) is 0 Å². The van der Waals surface area contributed by atoms with Gasteiger partial charge in [0, 0.05) is 25.8 Å². The van der Waals surface area contributed by atoms with E-state index in [-0.39, 0.29) is 18.3 Å². The number of anilines is 2. The van der Waals surface area contributed by atoms with E-state index in [4.69, 9.17) is 0 Å². The SMILES string of the molecule is CN(CCN(C)c1ccccc1)CC(=O)Nc1nc2ccc(F)cc2s1. The average molecular weight is 372 g/mol. The number of benzene rings is 2. The fraction of sp³-hybridized carbons (Fsp3) is 0.263. The molecule has 0 radical (unpaired) electrons. The summed E-state index contributed by atoms with van der Waals surface area (Å²) in [6, 6.07) is 14.5. The van der Waals surface area contributed by atoms with Gasteiger partial charge < -0.3 is 10.2 Å². The van der Waals surface area contributed by atoms with Gasteiger partial charge in [-0.2, -0.15) is 0 Å². The van der Waals surface area contributed by atoms with E-state index < -0.39 is 0 Å². The Morgan fingerprint density at radius 2 is 1.92 bits per heavy atom. The maximum Gasteiger partial charge on any atom is 0.240 e. The number of amides is 1. The van der Waals surface area contributed by atoms with Crippen molar-refractivity contribution < 1.29 is 9.18 Å². The highest BCUT2D eigenvalue weighted by Crippen LogP contribution is 2.26. The monoisotopic (exact) mass is 372 g/mol. The van der Waals surface area contributed by atoms with E-state index in [1.165, 1.54) is 23.5 Å². The highest BCUT2D eigenvalue weighted by Gasteiger charge is 2.11. The number of halogens is 1. The summed E-state index contributed by atoms with van der Waals surface area (Å²) in [7, 11) is 3.94. The molecule has 0 atom stereocenters. The molecule has 0 saturated heterocycles. The van der Waals surface area contributed by atoms with Crippen LogP contribution >= 0.6 is 11.3 Å². The molecule has 136 valence electrons. The Morgan fingerprint density at radius 3 is 2.69 bits per heavy atom. The zero-order valence-corrected chi connectivity index (χ0v) is 15.6. The standard InChI is InChI=1S/C19H21FN4OS/c1-23(10-11-24(2)15-6-4-3-5-7-15)13-18(25)22-19-21-16-9-8-14(20)12-17(16)26-19/h3-9,12H,10-11,13H2,1-2H3,(H,21,22,25). The van der Waals surface area contributed by atoms with Crippen molar-refractivity contribution in [2.75, 3.05) is 43.9 Å². The molecule has 0 spiro atoms. The topological polar surface area (TPSA) is 48.5 Å². The van der Waals surface area contributed by atoms with E-state index >= 15 is 0 Å². The van der Waals surface area contributed by atoms with Gasteiger partial charge in [0.25, 0.3) is 0 Å². The molecule has 0 saturated carbocycles. The summed E-state index contributed by atoms with van der Waals surface area (Å²) in [5.41, 5.74) is 1.83. The maximum atomic E-state index is 13.2. The van der Waals surface area contributed by atoms with E-state index in [1.54, 1.807) is 6.07 Å². The Bertz CT molecular complexity index is 884. The molecule has 1 amide bonds. The molecule has 3 rings (SSSR count). The summed E-state index contributed by atoms with van der Waals surface area (Å²) in [5, 5.41) is 3.28. The van der Waals surface area contributed by atoms with Gasteiger partial charge in [-0.25, -0.2) is 9.37 Å². The van der Waals surface area contributed by atoms with E-state index in [1.807, 2.05) is 37.2 Å². The van der Waals surface area contributed by atoms with Crippen LogP contribution < -0.4 is 10.2 Å². The molecule has 7 heteroatoms. The third-order valence-electron chi connectivity index (χ3n) is 4.02. The molecule has 0 bridgehead atoms. The number of carbonyl (C=O) groups excluding carboxylic acids is 1. The number of likely N-dealkylation sites (N-methyl/N-ethyl adjacent to an activating group) is 2. The van der Waals surface area contributed by atoms with Gasteiger partial charge >= 0.3 is 0 Å². The maximum absolute atomic E-state index is 13.2. The molecule has 0 fully saturated rings. The Hall–Kier alpha value is -2.51. The largest absolute Gasteiger partial charge is 0.373 e. The molecule has 2 aromatic carbocycles. The number of para-hydroxylation sites is 1. The lowest BCUT2D eigenvalue weighted by Gasteiger charge is -2.23. The van der Waals surface area contributed by atoms with Crippen molar-refractivity contribution in [2.45, 2.75) is 0 Å². The van der Waals surface area contributed by atoms with Crippen LogP contribution in [0.15, 0.2) is 48.5 Å². The summed E-state index contributed by atoms with van der Waals surface area (Å²) in [4.78, 5) is 20.6. The second kappa shape index (κ2) is 8.25. The number of hydrogen-bond donors (Lipinski definition) is 1. The highest BCUT2D eigenvalue weighted by molar-refractivity contribution is 7.22. The van der Waals surface area contributed by atoms with Crippen molar-refractivity contribution in [3.05, 3.63) is 54.3 Å². The van der Waals surface area contributed by atoms with Crippen LogP contribution in [0.25, 0.3) is 10.2 Å². The Kier molecular flexibility index (Phi) is 5.80. The minimum atomic E-state index is -0.304. The normalized spacial score (nSPS) is 11.1. The minimum Gasteiger partial charge on any atom is -0.373 e. The molecule has 0 aliphatic carbocycles. The van der Waals surface area contributed by atoms with Gasteiger partial charge in [0.2, 0.25) is 5.91 Å². The second-order valence-corrected chi connectivity index (χ2v) is 7.20. The Morgan fingerprint density at radius 1 is 1.15 bits per heavy atom. The first-order chi connectivity index (χ1) is 12.5. The highest BCUT2D eigenvalue weighted by atomic mass is 32.1. The number of nitrogens with one attached hydrogen (secondary N) is 1. The predicted octanol–water partition coefficient (Wildman–Crippen LogP) is 3.44. The lowest BCUT2D eigenvalue weighted by atomic mass is 10.3. The number of aromatic nitrogens is 1. The molecule has 26 heavy (non-hydrogen) atoms. The second-order valence-electron chi connectivity index (χ2n) is 6.17. The molecular weight excluding hydrogens is 351 g/mol. The molecule has 0 unspecified atom stereocenters. The minimum absolute atomic E-state index is 0.130. The summed E-state index contributed by atoms with van der Waals surface area (Å²) in [6.07, 6.45) is 0. The number of rotatable bonds is 7. The van der Waals surface area contributed by atoms with Crippen molar-refractivity contribution in [3.8, 4) is 0 Å². The summed E-state index contributed by atoms with van der Waals surface area (Å²) >= 11 is 1.27. The fourth-order valence-electron chi connectivity index (χ4n) is 2.57. The van der Waals surface area contributed by atoms with Gasteiger partial charge in [0.1, 0.15) is 5.82 Å². The molecule has 1 heterocycles. The third-order valence-corrected chi connectivity index (χ3v) is 4.96. The summed E-state index contributed by atoms with van der Waals surface area (Å²) in [6.45, 7) is 1.84. The average Bonchev–Trinajstić information content (AvgIpc) is 3.01. The first kappa shape index (κ1) is 18.3. The first-order valence-electron chi connectivity index (χ1n) is 8.32. The van der Waals surface area contributed by atoms with Gasteiger partial charge in [-0.3, -0.25) is 9.69 Å². The molecule has 1 aromatic heterocycles. The lowest BCUT2D eigenvalue weighted by molar-refractivity contribution is -0.117. The van der Waals surface area contributed by atoms with Crippen molar-refractivity contribution in [2.24, 2.45) is 0 Å².